The van der Waals surface area contributed by atoms with Crippen LogP contribution in [-0.2, 0) is 9.84 Å². The number of carbonyl (C=O) groups is 1. The predicted octanol–water partition coefficient (Wildman–Crippen LogP) is 0.879. The zero-order valence-electron chi connectivity index (χ0n) is 14.2. The van der Waals surface area contributed by atoms with Gasteiger partial charge in [-0.3, -0.25) is 14.8 Å². The van der Waals surface area contributed by atoms with Gasteiger partial charge in [-0.1, -0.05) is 30.3 Å². The summed E-state index contributed by atoms with van der Waals surface area (Å²) >= 11 is 0. The maximum Gasteiger partial charge on any atom is 0.257 e. The van der Waals surface area contributed by atoms with Crippen molar-refractivity contribution in [1.82, 2.24) is 20.0 Å². The molecular formula is C17H22N4O3S. The van der Waals surface area contributed by atoms with Crippen LogP contribution in [0.25, 0.3) is 11.3 Å². The predicted molar refractivity (Wildman–Crippen MR) is 96.1 cm³/mol. The van der Waals surface area contributed by atoms with Crippen LogP contribution in [0.5, 0.6) is 0 Å². The second kappa shape index (κ2) is 7.37. The number of rotatable bonds is 5. The van der Waals surface area contributed by atoms with Gasteiger partial charge in [0.15, 0.2) is 0 Å². The van der Waals surface area contributed by atoms with Crippen LogP contribution in [0.4, 0.5) is 0 Å². The highest BCUT2D eigenvalue weighted by atomic mass is 32.2. The van der Waals surface area contributed by atoms with E-state index >= 15 is 0 Å². The van der Waals surface area contributed by atoms with Crippen molar-refractivity contribution >= 4 is 15.7 Å². The molecule has 7 nitrogen and oxygen atoms in total. The Morgan fingerprint density at radius 3 is 2.48 bits per heavy atom. The van der Waals surface area contributed by atoms with E-state index in [-0.39, 0.29) is 11.7 Å². The topological polar surface area (TPSA) is 86.4 Å². The Balaban J connectivity index is 1.63. The molecule has 1 fully saturated rings. The minimum atomic E-state index is -2.96. The highest BCUT2D eigenvalue weighted by molar-refractivity contribution is 7.90. The van der Waals surface area contributed by atoms with Gasteiger partial charge in [0, 0.05) is 44.5 Å². The second-order valence-corrected chi connectivity index (χ2v) is 8.55. The van der Waals surface area contributed by atoms with Gasteiger partial charge < -0.3 is 4.90 Å². The van der Waals surface area contributed by atoms with E-state index in [2.05, 4.69) is 15.1 Å². The van der Waals surface area contributed by atoms with E-state index < -0.39 is 9.84 Å². The molecule has 0 radical (unpaired) electrons. The molecule has 1 aliphatic rings. The third-order valence-corrected chi connectivity index (χ3v) is 5.29. The molecule has 1 saturated heterocycles. The first-order valence-corrected chi connectivity index (χ1v) is 10.3. The molecule has 8 heteroatoms. The van der Waals surface area contributed by atoms with Crippen LogP contribution in [0, 0.1) is 0 Å². The molecule has 25 heavy (non-hydrogen) atoms. The van der Waals surface area contributed by atoms with Crippen molar-refractivity contribution < 1.29 is 13.2 Å². The van der Waals surface area contributed by atoms with Crippen molar-refractivity contribution in [1.29, 1.82) is 0 Å². The summed E-state index contributed by atoms with van der Waals surface area (Å²) in [5.41, 5.74) is 2.22. The Labute approximate surface area is 147 Å². The Bertz CT molecular complexity index is 825. The maximum absolute atomic E-state index is 12.8. The summed E-state index contributed by atoms with van der Waals surface area (Å²) in [6, 6.07) is 9.65. The molecule has 1 aromatic carbocycles. The number of nitrogens with one attached hydrogen (secondary N) is 1. The number of nitrogens with zero attached hydrogens (tertiary/aromatic N) is 3. The molecular weight excluding hydrogens is 340 g/mol. The minimum absolute atomic E-state index is 0.0460. The van der Waals surface area contributed by atoms with Gasteiger partial charge in [-0.2, -0.15) is 5.10 Å². The van der Waals surface area contributed by atoms with Crippen molar-refractivity contribution in [3.63, 3.8) is 0 Å². The monoisotopic (exact) mass is 362 g/mol. The average molecular weight is 362 g/mol. The van der Waals surface area contributed by atoms with Gasteiger partial charge in [-0.05, 0) is 0 Å². The van der Waals surface area contributed by atoms with E-state index in [4.69, 9.17) is 0 Å². The first-order valence-electron chi connectivity index (χ1n) is 8.22. The molecule has 0 bridgehead atoms. The fourth-order valence-electron chi connectivity index (χ4n) is 2.91. The van der Waals surface area contributed by atoms with Crippen LogP contribution < -0.4 is 0 Å². The first kappa shape index (κ1) is 17.6. The SMILES string of the molecule is CS(=O)(=O)CCN1CCN(C(=O)c2cn[nH]c2-c2ccccc2)CC1. The summed E-state index contributed by atoms with van der Waals surface area (Å²) in [6.45, 7) is 3.05. The number of benzene rings is 1. The van der Waals surface area contributed by atoms with Crippen LogP contribution in [0.1, 0.15) is 10.4 Å². The van der Waals surface area contributed by atoms with Crippen molar-refractivity contribution in [3.8, 4) is 11.3 Å². The van der Waals surface area contributed by atoms with E-state index in [1.807, 2.05) is 30.3 Å². The zero-order valence-corrected chi connectivity index (χ0v) is 15.0. The number of aromatic nitrogens is 2. The number of piperazine rings is 1. The smallest absolute Gasteiger partial charge is 0.257 e. The Morgan fingerprint density at radius 2 is 1.84 bits per heavy atom. The van der Waals surface area contributed by atoms with E-state index in [1.54, 1.807) is 11.1 Å². The van der Waals surface area contributed by atoms with Crippen LogP contribution in [0.2, 0.25) is 0 Å². The maximum atomic E-state index is 12.8. The normalized spacial score (nSPS) is 16.1. The summed E-state index contributed by atoms with van der Waals surface area (Å²) in [6.07, 6.45) is 2.82. The molecule has 2 heterocycles. The number of hydrogen-bond acceptors (Lipinski definition) is 5. The van der Waals surface area contributed by atoms with Gasteiger partial charge >= 0.3 is 0 Å². The van der Waals surface area contributed by atoms with Gasteiger partial charge in [0.2, 0.25) is 0 Å². The molecule has 0 unspecified atom stereocenters. The third kappa shape index (κ3) is 4.46. The molecule has 1 aromatic heterocycles. The summed E-state index contributed by atoms with van der Waals surface area (Å²) in [5, 5.41) is 6.95. The molecule has 0 saturated carbocycles. The van der Waals surface area contributed by atoms with Gasteiger partial charge in [-0.25, -0.2) is 8.42 Å². The number of hydrogen-bond donors (Lipinski definition) is 1. The standard InChI is InChI=1S/C17H22N4O3S/c1-25(23,24)12-11-20-7-9-21(10-8-20)17(22)15-13-18-19-16(15)14-5-3-2-4-6-14/h2-6,13H,7-12H2,1H3,(H,18,19). The number of carbonyl (C=O) groups excluding carboxylic acids is 1. The average Bonchev–Trinajstić information content (AvgIpc) is 3.10. The number of sulfone groups is 1. The fourth-order valence-corrected chi connectivity index (χ4v) is 3.50. The van der Waals surface area contributed by atoms with E-state index in [0.717, 1.165) is 11.3 Å². The summed E-state index contributed by atoms with van der Waals surface area (Å²) < 4.78 is 22.5. The number of H-pyrrole nitrogens is 1. The molecule has 134 valence electrons. The Kier molecular flexibility index (Phi) is 5.19. The van der Waals surface area contributed by atoms with Crippen LogP contribution >= 0.6 is 0 Å². The highest BCUT2D eigenvalue weighted by Crippen LogP contribution is 2.22. The largest absolute Gasteiger partial charge is 0.336 e. The molecule has 0 spiro atoms. The van der Waals surface area contributed by atoms with Crippen molar-refractivity contribution in [2.45, 2.75) is 0 Å². The lowest BCUT2D eigenvalue weighted by Gasteiger charge is -2.34. The van der Waals surface area contributed by atoms with Crippen LogP contribution in [0.15, 0.2) is 36.5 Å². The molecule has 2 aromatic rings. The van der Waals surface area contributed by atoms with E-state index in [9.17, 15) is 13.2 Å². The third-order valence-electron chi connectivity index (χ3n) is 4.37. The molecule has 0 aliphatic carbocycles. The lowest BCUT2D eigenvalue weighted by molar-refractivity contribution is 0.0645. The number of aromatic amines is 1. The molecule has 1 amide bonds. The Hall–Kier alpha value is -2.19. The molecule has 1 aliphatic heterocycles. The lowest BCUT2D eigenvalue weighted by atomic mass is 10.1. The molecule has 0 atom stereocenters. The fraction of sp³-hybridized carbons (Fsp3) is 0.412. The van der Waals surface area contributed by atoms with Gasteiger partial charge in [0.25, 0.3) is 5.91 Å². The molecule has 3 rings (SSSR count). The van der Waals surface area contributed by atoms with Crippen LogP contribution in [-0.4, -0.2) is 79.1 Å². The van der Waals surface area contributed by atoms with E-state index in [0.29, 0.717) is 38.3 Å². The summed E-state index contributed by atoms with van der Waals surface area (Å²) in [4.78, 5) is 16.7. The first-order chi connectivity index (χ1) is 11.9. The van der Waals surface area contributed by atoms with Gasteiger partial charge in [0.1, 0.15) is 9.84 Å². The van der Waals surface area contributed by atoms with Crippen LogP contribution in [0.3, 0.4) is 0 Å². The van der Waals surface area contributed by atoms with Crippen molar-refractivity contribution in [2.75, 3.05) is 44.7 Å². The summed E-state index contributed by atoms with van der Waals surface area (Å²) in [5.74, 6) is 0.108. The summed E-state index contributed by atoms with van der Waals surface area (Å²) in [7, 11) is -2.96. The highest BCUT2D eigenvalue weighted by Gasteiger charge is 2.25. The molecule has 1 N–H and O–H groups in total. The van der Waals surface area contributed by atoms with Crippen molar-refractivity contribution in [3.05, 3.63) is 42.1 Å². The second-order valence-electron chi connectivity index (χ2n) is 6.29. The number of amides is 1. The minimum Gasteiger partial charge on any atom is -0.336 e. The van der Waals surface area contributed by atoms with E-state index in [1.165, 1.54) is 6.26 Å². The lowest BCUT2D eigenvalue weighted by Crippen LogP contribution is -2.49. The van der Waals surface area contributed by atoms with Crippen molar-refractivity contribution in [2.24, 2.45) is 0 Å². The Morgan fingerprint density at radius 1 is 1.16 bits per heavy atom. The van der Waals surface area contributed by atoms with Gasteiger partial charge in [-0.15, -0.1) is 0 Å². The van der Waals surface area contributed by atoms with Gasteiger partial charge in [0.05, 0.1) is 23.2 Å². The quantitative estimate of drug-likeness (QED) is 0.853. The zero-order chi connectivity index (χ0) is 17.9.